The first-order chi connectivity index (χ1) is 35.2. The number of halogens is 4. The fraction of sp³-hybridized carbons (Fsp3) is 0.375. The van der Waals surface area contributed by atoms with Crippen LogP contribution in [0.1, 0.15) is 76.9 Å². The average molecular weight is 1010 g/mol. The van der Waals surface area contributed by atoms with Crippen LogP contribution >= 0.6 is 0 Å². The van der Waals surface area contributed by atoms with Gasteiger partial charge < -0.3 is 43.5 Å². The largest absolute Gasteiger partial charge is 0.493 e. The van der Waals surface area contributed by atoms with Crippen LogP contribution in [0.15, 0.2) is 96.3 Å². The minimum absolute atomic E-state index is 0.134. The molecule has 0 bridgehead atoms. The second kappa shape index (κ2) is 26.5. The van der Waals surface area contributed by atoms with Gasteiger partial charge >= 0.3 is 0 Å². The quantitative estimate of drug-likeness (QED) is 0.0750. The minimum atomic E-state index is -0.652. The predicted octanol–water partition coefficient (Wildman–Crippen LogP) is 9.88. The summed E-state index contributed by atoms with van der Waals surface area (Å²) in [6.07, 6.45) is 10.8. The van der Waals surface area contributed by atoms with E-state index in [1.54, 1.807) is 58.6 Å². The van der Waals surface area contributed by atoms with Crippen LogP contribution in [0.5, 0.6) is 34.5 Å². The van der Waals surface area contributed by atoms with Crippen LogP contribution in [-0.2, 0) is 6.54 Å². The Morgan fingerprint density at radius 2 is 1.10 bits per heavy atom. The molecule has 2 atom stereocenters. The third-order valence-corrected chi connectivity index (χ3v) is 12.7. The lowest BCUT2D eigenvalue weighted by Gasteiger charge is -2.31. The van der Waals surface area contributed by atoms with Gasteiger partial charge in [0, 0.05) is 91.6 Å². The summed E-state index contributed by atoms with van der Waals surface area (Å²) >= 11 is 0. The second-order valence-corrected chi connectivity index (χ2v) is 17.9. The van der Waals surface area contributed by atoms with E-state index < -0.39 is 23.3 Å². The van der Waals surface area contributed by atoms with E-state index in [1.807, 2.05) is 26.0 Å². The number of nitrogens with zero attached hydrogens (tertiary/aromatic N) is 4. The summed E-state index contributed by atoms with van der Waals surface area (Å²) in [5.41, 5.74) is 3.99. The number of carbonyl (C=O) groups excluding carboxylic acids is 2. The van der Waals surface area contributed by atoms with Crippen LogP contribution in [-0.4, -0.2) is 126 Å². The van der Waals surface area contributed by atoms with Gasteiger partial charge in [-0.1, -0.05) is 23.3 Å². The number of likely N-dealkylation sites (tertiary alicyclic amines) is 1. The predicted molar refractivity (Wildman–Crippen MR) is 273 cm³/mol. The van der Waals surface area contributed by atoms with Crippen molar-refractivity contribution in [1.29, 1.82) is 0 Å². The van der Waals surface area contributed by atoms with Crippen LogP contribution in [0.4, 0.5) is 17.6 Å². The number of nitrogens with one attached hydrogen (secondary N) is 1. The highest BCUT2D eigenvalue weighted by Crippen LogP contribution is 2.40. The summed E-state index contributed by atoms with van der Waals surface area (Å²) in [6.45, 7) is 7.75. The van der Waals surface area contributed by atoms with Crippen molar-refractivity contribution in [3.8, 4) is 34.5 Å². The molecule has 1 N–H and O–H groups in total. The molecule has 2 saturated heterocycles. The number of benzene rings is 4. The van der Waals surface area contributed by atoms with Crippen molar-refractivity contribution in [2.45, 2.75) is 58.2 Å². The monoisotopic (exact) mass is 1010 g/mol. The van der Waals surface area contributed by atoms with E-state index in [2.05, 4.69) is 15.2 Å². The van der Waals surface area contributed by atoms with E-state index in [-0.39, 0.29) is 48.1 Å². The number of pyridine rings is 1. The number of ether oxygens (including phenoxy) is 6. The second-order valence-electron chi connectivity index (χ2n) is 17.9. The maximum atomic E-state index is 14.4. The Bertz CT molecular complexity index is 2690. The van der Waals surface area contributed by atoms with Gasteiger partial charge in [-0.05, 0) is 119 Å². The van der Waals surface area contributed by atoms with Crippen molar-refractivity contribution < 1.29 is 55.6 Å². The Kier molecular flexibility index (Phi) is 20.1. The summed E-state index contributed by atoms with van der Waals surface area (Å²) in [5, 5.41) is 3.41. The zero-order chi connectivity index (χ0) is 52.6. The van der Waals surface area contributed by atoms with Crippen molar-refractivity contribution in [1.82, 2.24) is 25.0 Å². The van der Waals surface area contributed by atoms with E-state index in [1.165, 1.54) is 66.9 Å². The molecule has 0 aliphatic carbocycles. The normalized spacial score (nSPS) is 15.8. The van der Waals surface area contributed by atoms with Gasteiger partial charge in [-0.15, -0.1) is 0 Å². The molecular weight excluding hydrogens is 947 g/mol. The topological polar surface area (TPSA) is 124 Å². The van der Waals surface area contributed by atoms with Crippen LogP contribution in [0.3, 0.4) is 0 Å². The van der Waals surface area contributed by atoms with E-state index in [0.717, 1.165) is 74.2 Å². The summed E-state index contributed by atoms with van der Waals surface area (Å²) in [5.74, 6) is -0.654. The highest BCUT2D eigenvalue weighted by atomic mass is 19.1. The highest BCUT2D eigenvalue weighted by Gasteiger charge is 2.30. The van der Waals surface area contributed by atoms with Gasteiger partial charge in [0.05, 0.1) is 42.7 Å². The van der Waals surface area contributed by atoms with Crippen LogP contribution in [0.25, 0.3) is 12.2 Å². The standard InChI is InChI=1S/C31H35F2N3O4.C25H30F2N2O4/c1-21(14-23-7-8-25(32)17-27(23)33)18-36(20-26-6-5-13-35(26)19-22-9-11-34-12-10-22)31(37)24-15-28(38-2)30(40-4)29(16-24)39-3;1-16(10-17-7-8-19(26)13-21(17)27)14-29(15-20-6-5-9-28-20)25(30)18-11-22(31-2)24(33-4)23(12-18)32-3/h7-12,14-17,26H,5-6,13,18-20H2,1-4H3;7-8,10-13,20,28H,5-6,9,14-15H2,1-4H3/b21-14+;16-10+/t26-;/m0./s1. The van der Waals surface area contributed by atoms with E-state index in [9.17, 15) is 27.2 Å². The molecule has 3 heterocycles. The lowest BCUT2D eigenvalue weighted by Crippen LogP contribution is -2.43. The maximum Gasteiger partial charge on any atom is 0.254 e. The van der Waals surface area contributed by atoms with Crippen LogP contribution in [0, 0.1) is 23.3 Å². The van der Waals surface area contributed by atoms with Crippen molar-refractivity contribution in [3.63, 3.8) is 0 Å². The molecule has 2 aliphatic heterocycles. The van der Waals surface area contributed by atoms with Gasteiger partial charge in [-0.2, -0.15) is 0 Å². The van der Waals surface area contributed by atoms with Gasteiger partial charge in [0.25, 0.3) is 11.8 Å². The lowest BCUT2D eigenvalue weighted by atomic mass is 10.1. The Morgan fingerprint density at radius 1 is 0.630 bits per heavy atom. The van der Waals surface area contributed by atoms with Gasteiger partial charge in [0.15, 0.2) is 23.0 Å². The average Bonchev–Trinajstić information content (AvgIpc) is 4.08. The fourth-order valence-electron chi connectivity index (χ4n) is 9.14. The van der Waals surface area contributed by atoms with Gasteiger partial charge in [-0.25, -0.2) is 17.6 Å². The number of amides is 2. The number of carbonyl (C=O) groups is 2. The molecule has 1 aromatic heterocycles. The van der Waals surface area contributed by atoms with Crippen molar-refractivity contribution >= 4 is 24.0 Å². The summed E-state index contributed by atoms with van der Waals surface area (Å²) < 4.78 is 87.7. The molecule has 7 rings (SSSR count). The van der Waals surface area contributed by atoms with E-state index in [0.29, 0.717) is 58.7 Å². The molecule has 13 nitrogen and oxygen atoms in total. The van der Waals surface area contributed by atoms with Crippen molar-refractivity contribution in [2.24, 2.45) is 0 Å². The molecule has 4 aromatic carbocycles. The third kappa shape index (κ3) is 14.8. The highest BCUT2D eigenvalue weighted by molar-refractivity contribution is 5.96. The first-order valence-corrected chi connectivity index (χ1v) is 24.0. The SMILES string of the molecule is COc1cc(C(=O)N(C/C(C)=C/c2ccc(F)cc2F)CC2CCCN2)cc(OC)c1OC.COc1cc(C(=O)N(C/C(C)=C/c2ccc(F)cc2F)C[C@@H]2CCCN2Cc2ccncc2)cc(OC)c1OC. The molecule has 390 valence electrons. The number of rotatable bonds is 20. The number of hydrogen-bond donors (Lipinski definition) is 1. The Labute approximate surface area is 425 Å². The molecule has 0 saturated carbocycles. The van der Waals surface area contributed by atoms with Crippen molar-refractivity contribution in [3.05, 3.63) is 147 Å². The lowest BCUT2D eigenvalue weighted by molar-refractivity contribution is 0.0717. The first-order valence-electron chi connectivity index (χ1n) is 24.0. The Hall–Kier alpha value is -7.11. The number of hydrogen-bond acceptors (Lipinski definition) is 11. The van der Waals surface area contributed by atoms with Gasteiger partial charge in [0.1, 0.15) is 23.3 Å². The first kappa shape index (κ1) is 55.2. The zero-order valence-electron chi connectivity index (χ0n) is 42.7. The maximum absolute atomic E-state index is 14.4. The molecule has 1 unspecified atom stereocenters. The van der Waals surface area contributed by atoms with Crippen LogP contribution < -0.4 is 33.7 Å². The molecular formula is C56H65F4N5O8. The molecule has 73 heavy (non-hydrogen) atoms. The minimum Gasteiger partial charge on any atom is -0.493 e. The zero-order valence-corrected chi connectivity index (χ0v) is 42.7. The van der Waals surface area contributed by atoms with E-state index >= 15 is 0 Å². The molecule has 0 spiro atoms. The molecule has 0 radical (unpaired) electrons. The smallest absolute Gasteiger partial charge is 0.254 e. The van der Waals surface area contributed by atoms with Crippen LogP contribution in [0.2, 0.25) is 0 Å². The van der Waals surface area contributed by atoms with E-state index in [4.69, 9.17) is 28.4 Å². The van der Waals surface area contributed by atoms with Gasteiger partial charge in [0.2, 0.25) is 11.5 Å². The summed E-state index contributed by atoms with van der Waals surface area (Å²) in [6, 6.07) is 17.7. The number of methoxy groups -OCH3 is 6. The Balaban J connectivity index is 0.000000243. The summed E-state index contributed by atoms with van der Waals surface area (Å²) in [7, 11) is 9.01. The Morgan fingerprint density at radius 3 is 1.51 bits per heavy atom. The summed E-state index contributed by atoms with van der Waals surface area (Å²) in [4.78, 5) is 37.6. The molecule has 17 heteroatoms. The molecule has 5 aromatic rings. The van der Waals surface area contributed by atoms with Gasteiger partial charge in [-0.3, -0.25) is 19.5 Å². The van der Waals surface area contributed by atoms with Crippen molar-refractivity contribution in [2.75, 3.05) is 81.9 Å². The molecule has 2 aliphatic rings. The fourth-order valence-corrected chi connectivity index (χ4v) is 9.14. The molecule has 2 fully saturated rings. The number of aromatic nitrogens is 1. The third-order valence-electron chi connectivity index (χ3n) is 12.7. The molecule has 2 amide bonds.